The first-order chi connectivity index (χ1) is 6.15. The van der Waals surface area contributed by atoms with Crippen molar-refractivity contribution in [2.45, 2.75) is 26.2 Å². The van der Waals surface area contributed by atoms with Gasteiger partial charge in [0.2, 0.25) is 5.91 Å². The van der Waals surface area contributed by atoms with E-state index in [9.17, 15) is 9.59 Å². The van der Waals surface area contributed by atoms with Crippen molar-refractivity contribution in [2.24, 2.45) is 11.8 Å². The summed E-state index contributed by atoms with van der Waals surface area (Å²) in [4.78, 5) is 21.9. The van der Waals surface area contributed by atoms with E-state index in [0.717, 1.165) is 0 Å². The van der Waals surface area contributed by atoms with Gasteiger partial charge in [0.15, 0.2) is 0 Å². The van der Waals surface area contributed by atoms with Gasteiger partial charge in [0.05, 0.1) is 5.92 Å². The molecule has 1 aliphatic rings. The molecule has 0 radical (unpaired) electrons. The van der Waals surface area contributed by atoms with E-state index in [1.165, 1.54) is 0 Å². The number of carboxylic acid groups (broad SMARTS) is 1. The summed E-state index contributed by atoms with van der Waals surface area (Å²) >= 11 is 0. The Morgan fingerprint density at radius 3 is 2.46 bits per heavy atom. The number of hydrogen-bond donors (Lipinski definition) is 2. The van der Waals surface area contributed by atoms with E-state index >= 15 is 0 Å². The maximum absolute atomic E-state index is 11.3. The number of carbonyl (C=O) groups excluding carboxylic acids is 1. The van der Waals surface area contributed by atoms with E-state index in [0.29, 0.717) is 25.8 Å². The predicted octanol–water partition coefficient (Wildman–Crippen LogP) is 0.623. The molecule has 1 amide bonds. The first-order valence-electron chi connectivity index (χ1n) is 4.65. The number of nitrogens with one attached hydrogen (secondary N) is 1. The highest BCUT2D eigenvalue weighted by Gasteiger charge is 2.33. The average molecular weight is 185 g/mol. The highest BCUT2D eigenvalue weighted by Crippen LogP contribution is 2.30. The third kappa shape index (κ3) is 2.44. The second-order valence-electron chi connectivity index (χ2n) is 3.44. The zero-order chi connectivity index (χ0) is 9.84. The van der Waals surface area contributed by atoms with Gasteiger partial charge in [-0.2, -0.15) is 0 Å². The number of rotatable bonds is 3. The minimum atomic E-state index is -0.771. The summed E-state index contributed by atoms with van der Waals surface area (Å²) in [6, 6.07) is 0. The number of amides is 1. The van der Waals surface area contributed by atoms with Crippen LogP contribution in [0.25, 0.3) is 0 Å². The number of aliphatic carboxylic acids is 1. The van der Waals surface area contributed by atoms with E-state index in [-0.39, 0.29) is 17.7 Å². The normalized spacial score (nSPS) is 27.2. The van der Waals surface area contributed by atoms with Crippen LogP contribution in [-0.4, -0.2) is 23.5 Å². The lowest BCUT2D eigenvalue weighted by Crippen LogP contribution is -2.29. The van der Waals surface area contributed by atoms with Gasteiger partial charge in [-0.1, -0.05) is 0 Å². The summed E-state index contributed by atoms with van der Waals surface area (Å²) in [5, 5.41) is 11.4. The molecule has 0 heterocycles. The highest BCUT2D eigenvalue weighted by molar-refractivity contribution is 5.80. The fourth-order valence-electron chi connectivity index (χ4n) is 1.76. The van der Waals surface area contributed by atoms with E-state index in [1.54, 1.807) is 0 Å². The molecule has 0 aliphatic heterocycles. The molecule has 74 valence electrons. The Morgan fingerprint density at radius 1 is 1.38 bits per heavy atom. The molecule has 0 aromatic heterocycles. The fourth-order valence-corrected chi connectivity index (χ4v) is 1.76. The van der Waals surface area contributed by atoms with Gasteiger partial charge >= 0.3 is 5.97 Å². The molecule has 2 N–H and O–H groups in total. The summed E-state index contributed by atoms with van der Waals surface area (Å²) in [6.07, 6.45) is 1.85. The van der Waals surface area contributed by atoms with Gasteiger partial charge < -0.3 is 10.4 Å². The molecule has 13 heavy (non-hydrogen) atoms. The SMILES string of the molecule is CCNC(=O)C1CCC(C(=O)O)C1. The standard InChI is InChI=1S/C9H15NO3/c1-2-10-8(11)6-3-4-7(5-6)9(12)13/h6-7H,2-5H2,1H3,(H,10,11)(H,12,13). The molecule has 1 rings (SSSR count). The van der Waals surface area contributed by atoms with Crippen molar-refractivity contribution in [1.82, 2.24) is 5.32 Å². The topological polar surface area (TPSA) is 66.4 Å². The van der Waals surface area contributed by atoms with E-state index in [4.69, 9.17) is 5.11 Å². The Bertz CT molecular complexity index is 215. The van der Waals surface area contributed by atoms with Crippen LogP contribution >= 0.6 is 0 Å². The Hall–Kier alpha value is -1.06. The maximum atomic E-state index is 11.3. The van der Waals surface area contributed by atoms with Gasteiger partial charge in [0.25, 0.3) is 0 Å². The van der Waals surface area contributed by atoms with E-state index in [1.807, 2.05) is 6.92 Å². The smallest absolute Gasteiger partial charge is 0.306 e. The van der Waals surface area contributed by atoms with Crippen LogP contribution in [0.1, 0.15) is 26.2 Å². The predicted molar refractivity (Wildman–Crippen MR) is 47.2 cm³/mol. The van der Waals surface area contributed by atoms with Gasteiger partial charge in [0, 0.05) is 12.5 Å². The Morgan fingerprint density at radius 2 is 2.00 bits per heavy atom. The van der Waals surface area contributed by atoms with Gasteiger partial charge in [0.1, 0.15) is 0 Å². The molecule has 1 fully saturated rings. The minimum absolute atomic E-state index is 0.00579. The number of carboxylic acids is 1. The molecule has 2 unspecified atom stereocenters. The van der Waals surface area contributed by atoms with Crippen molar-refractivity contribution in [1.29, 1.82) is 0 Å². The van der Waals surface area contributed by atoms with E-state index in [2.05, 4.69) is 5.32 Å². The molecular weight excluding hydrogens is 170 g/mol. The van der Waals surface area contributed by atoms with Crippen LogP contribution in [0.3, 0.4) is 0 Å². The van der Waals surface area contributed by atoms with Crippen LogP contribution in [0.15, 0.2) is 0 Å². The zero-order valence-electron chi connectivity index (χ0n) is 7.75. The largest absolute Gasteiger partial charge is 0.481 e. The second kappa shape index (κ2) is 4.25. The molecule has 4 heteroatoms. The quantitative estimate of drug-likeness (QED) is 0.677. The lowest BCUT2D eigenvalue weighted by molar-refractivity contribution is -0.141. The second-order valence-corrected chi connectivity index (χ2v) is 3.44. The molecule has 2 atom stereocenters. The summed E-state index contributed by atoms with van der Waals surface area (Å²) in [5.74, 6) is -1.16. The van der Waals surface area contributed by atoms with Crippen LogP contribution in [-0.2, 0) is 9.59 Å². The average Bonchev–Trinajstić information content (AvgIpc) is 2.52. The first-order valence-corrected chi connectivity index (χ1v) is 4.65. The fraction of sp³-hybridized carbons (Fsp3) is 0.778. The van der Waals surface area contributed by atoms with Crippen LogP contribution in [0.2, 0.25) is 0 Å². The molecule has 0 spiro atoms. The summed E-state index contributed by atoms with van der Waals surface area (Å²) < 4.78 is 0. The number of hydrogen-bond acceptors (Lipinski definition) is 2. The lowest BCUT2D eigenvalue weighted by atomic mass is 10.0. The van der Waals surface area contributed by atoms with Crippen molar-refractivity contribution >= 4 is 11.9 Å². The van der Waals surface area contributed by atoms with Crippen molar-refractivity contribution in [2.75, 3.05) is 6.54 Å². The molecule has 4 nitrogen and oxygen atoms in total. The lowest BCUT2D eigenvalue weighted by Gasteiger charge is -2.08. The van der Waals surface area contributed by atoms with Gasteiger partial charge in [-0.25, -0.2) is 0 Å². The van der Waals surface area contributed by atoms with Gasteiger partial charge in [-0.15, -0.1) is 0 Å². The van der Waals surface area contributed by atoms with Crippen LogP contribution < -0.4 is 5.32 Å². The molecule has 0 aromatic rings. The summed E-state index contributed by atoms with van der Waals surface area (Å²) in [7, 11) is 0. The minimum Gasteiger partial charge on any atom is -0.481 e. The third-order valence-corrected chi connectivity index (χ3v) is 2.50. The molecular formula is C9H15NO3. The third-order valence-electron chi connectivity index (χ3n) is 2.50. The van der Waals surface area contributed by atoms with Crippen LogP contribution in [0, 0.1) is 11.8 Å². The van der Waals surface area contributed by atoms with Crippen molar-refractivity contribution in [3.8, 4) is 0 Å². The van der Waals surface area contributed by atoms with Crippen molar-refractivity contribution < 1.29 is 14.7 Å². The monoisotopic (exact) mass is 185 g/mol. The molecule has 1 saturated carbocycles. The molecule has 0 aromatic carbocycles. The van der Waals surface area contributed by atoms with Crippen LogP contribution in [0.4, 0.5) is 0 Å². The number of carbonyl (C=O) groups is 2. The molecule has 1 aliphatic carbocycles. The first kappa shape index (κ1) is 10.0. The molecule has 0 bridgehead atoms. The Labute approximate surface area is 77.3 Å². The summed E-state index contributed by atoms with van der Waals surface area (Å²) in [5.41, 5.74) is 0. The zero-order valence-corrected chi connectivity index (χ0v) is 7.75. The Balaban J connectivity index is 2.40. The highest BCUT2D eigenvalue weighted by atomic mass is 16.4. The van der Waals surface area contributed by atoms with Gasteiger partial charge in [-0.05, 0) is 26.2 Å². The van der Waals surface area contributed by atoms with Crippen molar-refractivity contribution in [3.05, 3.63) is 0 Å². The van der Waals surface area contributed by atoms with Crippen LogP contribution in [0.5, 0.6) is 0 Å². The Kier molecular flexibility index (Phi) is 3.28. The molecule has 0 saturated heterocycles. The van der Waals surface area contributed by atoms with Crippen molar-refractivity contribution in [3.63, 3.8) is 0 Å². The maximum Gasteiger partial charge on any atom is 0.306 e. The van der Waals surface area contributed by atoms with Gasteiger partial charge in [-0.3, -0.25) is 9.59 Å². The van der Waals surface area contributed by atoms with E-state index < -0.39 is 5.97 Å². The summed E-state index contributed by atoms with van der Waals surface area (Å²) in [6.45, 7) is 2.48.